The number of ether oxygens (including phenoxy) is 1. The number of likely N-dealkylation sites (tertiary alicyclic amines) is 1. The first-order valence-electron chi connectivity index (χ1n) is 15.1. The molecule has 0 N–H and O–H groups in total. The van der Waals surface area contributed by atoms with Crippen molar-refractivity contribution in [2.75, 3.05) is 37.7 Å². The maximum Gasteiger partial charge on any atom is 0.319 e. The highest BCUT2D eigenvalue weighted by molar-refractivity contribution is 6.36. The van der Waals surface area contributed by atoms with Crippen LogP contribution >= 0.6 is 11.6 Å². The van der Waals surface area contributed by atoms with Crippen molar-refractivity contribution < 1.29 is 18.3 Å². The third-order valence-corrected chi connectivity index (χ3v) is 10.3. The third-order valence-electron chi connectivity index (χ3n) is 9.99. The number of carbonyl (C=O) groups excluding carboxylic acids is 1. The second-order valence-electron chi connectivity index (χ2n) is 12.4. The van der Waals surface area contributed by atoms with Gasteiger partial charge in [0.15, 0.2) is 5.83 Å². The molecule has 4 fully saturated rings. The van der Waals surface area contributed by atoms with Crippen LogP contribution < -0.4 is 9.64 Å². The summed E-state index contributed by atoms with van der Waals surface area (Å²) >= 11 is 6.64. The summed E-state index contributed by atoms with van der Waals surface area (Å²) in [6, 6.07) is 11.9. The lowest BCUT2D eigenvalue weighted by Gasteiger charge is -2.47. The van der Waals surface area contributed by atoms with Crippen molar-refractivity contribution in [3.8, 4) is 17.1 Å². The molecule has 4 aliphatic heterocycles. The molecule has 226 valence electrons. The number of hydrogen-bond acceptors (Lipinski definition) is 7. The maximum atomic E-state index is 14.4. The molecule has 2 aromatic heterocycles. The van der Waals surface area contributed by atoms with Gasteiger partial charge >= 0.3 is 6.01 Å². The second-order valence-corrected chi connectivity index (χ2v) is 12.8. The molecule has 0 spiro atoms. The molecule has 0 unspecified atom stereocenters. The minimum atomic E-state index is -0.939. The van der Waals surface area contributed by atoms with E-state index in [1.54, 1.807) is 17.3 Å². The number of fused-ring (bicyclic) bond motifs is 4. The molecule has 0 bridgehead atoms. The molecule has 44 heavy (non-hydrogen) atoms. The second kappa shape index (κ2) is 10.3. The van der Waals surface area contributed by atoms with Crippen molar-refractivity contribution in [2.45, 2.75) is 49.5 Å². The number of halogens is 3. The number of benzene rings is 2. The van der Waals surface area contributed by atoms with Gasteiger partial charge < -0.3 is 14.5 Å². The minimum Gasteiger partial charge on any atom is -0.461 e. The van der Waals surface area contributed by atoms with Gasteiger partial charge in [0.2, 0.25) is 0 Å². The topological polar surface area (TPSA) is 74.7 Å². The molecule has 0 saturated carbocycles. The predicted molar refractivity (Wildman–Crippen MR) is 165 cm³/mol. The van der Waals surface area contributed by atoms with Gasteiger partial charge in [0.1, 0.15) is 18.6 Å². The van der Waals surface area contributed by atoms with Gasteiger partial charge in [0.25, 0.3) is 5.91 Å². The molecule has 11 heteroatoms. The van der Waals surface area contributed by atoms with Gasteiger partial charge in [-0.25, -0.2) is 8.78 Å². The summed E-state index contributed by atoms with van der Waals surface area (Å²) in [4.78, 5) is 32.5. The standard InChI is InChI=1S/C33H31ClF2N6O2/c1-19(35)31(43)41-11-8-27-28(41)17-42(27)30-23-7-6-20(24-15-37-14-21-4-2-5-25(34)29(21)24)12-26(23)38-32(39-30)44-18-33-9-3-10-40(33)16-22(36)13-33/h2,4-7,12,14-15,22,27-28H,1,3,8-11,13,16-18H2/t22-,27-,28-,33-/m1/s1. The summed E-state index contributed by atoms with van der Waals surface area (Å²) in [5.41, 5.74) is 2.14. The largest absolute Gasteiger partial charge is 0.461 e. The van der Waals surface area contributed by atoms with Crippen LogP contribution in [-0.2, 0) is 4.79 Å². The first-order valence-corrected chi connectivity index (χ1v) is 15.5. The van der Waals surface area contributed by atoms with Crippen molar-refractivity contribution in [3.63, 3.8) is 0 Å². The lowest BCUT2D eigenvalue weighted by atomic mass is 9.95. The molecule has 4 atom stereocenters. The molecule has 0 aliphatic carbocycles. The lowest BCUT2D eigenvalue weighted by molar-refractivity contribution is -0.130. The number of pyridine rings is 1. The SMILES string of the molecule is C=C(F)C(=O)N1CC[C@@H]2[C@H]1CN2c1nc(OC[C@]23CCCN2C[C@H](F)C3)nc2cc(-c3cncc4cccc(Cl)c34)ccc12. The van der Waals surface area contributed by atoms with Crippen LogP contribution in [0.4, 0.5) is 14.6 Å². The molecule has 0 radical (unpaired) electrons. The number of anilines is 1. The van der Waals surface area contributed by atoms with Gasteiger partial charge in [0.05, 0.1) is 23.1 Å². The lowest BCUT2D eigenvalue weighted by Crippen LogP contribution is -2.63. The zero-order valence-electron chi connectivity index (χ0n) is 24.1. The van der Waals surface area contributed by atoms with Crippen LogP contribution in [0.25, 0.3) is 32.8 Å². The Kier molecular flexibility index (Phi) is 6.50. The Balaban J connectivity index is 1.19. The smallest absolute Gasteiger partial charge is 0.319 e. The Bertz CT molecular complexity index is 1830. The van der Waals surface area contributed by atoms with E-state index in [0.717, 1.165) is 46.7 Å². The van der Waals surface area contributed by atoms with Gasteiger partial charge in [0, 0.05) is 65.2 Å². The first-order chi connectivity index (χ1) is 21.3. The van der Waals surface area contributed by atoms with E-state index in [0.29, 0.717) is 55.4 Å². The number of nitrogens with zero attached hydrogens (tertiary/aromatic N) is 6. The zero-order chi connectivity index (χ0) is 30.2. The Morgan fingerprint density at radius 3 is 2.89 bits per heavy atom. The molecular weight excluding hydrogens is 586 g/mol. The van der Waals surface area contributed by atoms with Crippen LogP contribution in [0, 0.1) is 0 Å². The van der Waals surface area contributed by atoms with E-state index in [1.807, 2.05) is 36.4 Å². The van der Waals surface area contributed by atoms with Gasteiger partial charge in [-0.15, -0.1) is 0 Å². The first kappa shape index (κ1) is 27.6. The number of hydrogen-bond donors (Lipinski definition) is 0. The fraction of sp³-hybridized carbons (Fsp3) is 0.394. The van der Waals surface area contributed by atoms with E-state index in [-0.39, 0.29) is 23.6 Å². The van der Waals surface area contributed by atoms with Gasteiger partial charge in [-0.05, 0) is 49.6 Å². The highest BCUT2D eigenvalue weighted by Gasteiger charge is 2.51. The Labute approximate surface area is 258 Å². The molecule has 4 aromatic rings. The van der Waals surface area contributed by atoms with E-state index in [4.69, 9.17) is 26.3 Å². The number of rotatable bonds is 6. The van der Waals surface area contributed by atoms with Gasteiger partial charge in [-0.2, -0.15) is 9.97 Å². The highest BCUT2D eigenvalue weighted by atomic mass is 35.5. The molecule has 8 rings (SSSR count). The summed E-state index contributed by atoms with van der Waals surface area (Å²) in [6.07, 6.45) is 5.78. The van der Waals surface area contributed by atoms with Gasteiger partial charge in [-0.3, -0.25) is 14.7 Å². The molecule has 4 saturated heterocycles. The van der Waals surface area contributed by atoms with Crippen molar-refractivity contribution in [1.82, 2.24) is 24.8 Å². The van der Waals surface area contributed by atoms with E-state index in [2.05, 4.69) is 21.4 Å². The van der Waals surface area contributed by atoms with Crippen molar-refractivity contribution in [3.05, 3.63) is 66.2 Å². The van der Waals surface area contributed by atoms with E-state index < -0.39 is 17.9 Å². The summed E-state index contributed by atoms with van der Waals surface area (Å²) < 4.78 is 34.5. The minimum absolute atomic E-state index is 0.00366. The zero-order valence-corrected chi connectivity index (χ0v) is 24.8. The predicted octanol–water partition coefficient (Wildman–Crippen LogP) is 5.73. The molecule has 1 amide bonds. The van der Waals surface area contributed by atoms with E-state index in [1.165, 1.54) is 0 Å². The number of alkyl halides is 1. The van der Waals surface area contributed by atoms with Crippen LogP contribution in [0.5, 0.6) is 6.01 Å². The van der Waals surface area contributed by atoms with Crippen molar-refractivity contribution in [2.24, 2.45) is 0 Å². The van der Waals surface area contributed by atoms with Crippen LogP contribution in [0.3, 0.4) is 0 Å². The summed E-state index contributed by atoms with van der Waals surface area (Å²) in [7, 11) is 0. The van der Waals surface area contributed by atoms with Gasteiger partial charge in [-0.1, -0.05) is 36.4 Å². The normalized spacial score (nSPS) is 26.2. The van der Waals surface area contributed by atoms with E-state index in [9.17, 15) is 13.6 Å². The van der Waals surface area contributed by atoms with Crippen LogP contribution in [0.15, 0.2) is 61.2 Å². The van der Waals surface area contributed by atoms with Crippen molar-refractivity contribution in [1.29, 1.82) is 0 Å². The average Bonchev–Trinajstić information content (AvgIpc) is 3.64. The fourth-order valence-electron chi connectivity index (χ4n) is 7.87. The Morgan fingerprint density at radius 1 is 1.14 bits per heavy atom. The number of aromatic nitrogens is 3. The quantitative estimate of drug-likeness (QED) is 0.256. The number of carbonyl (C=O) groups is 1. The van der Waals surface area contributed by atoms with E-state index >= 15 is 0 Å². The Hall–Kier alpha value is -3.89. The van der Waals surface area contributed by atoms with Crippen molar-refractivity contribution >= 4 is 45.0 Å². The summed E-state index contributed by atoms with van der Waals surface area (Å²) in [6.45, 7) is 5.80. The molecule has 8 nitrogen and oxygen atoms in total. The average molecular weight is 617 g/mol. The summed E-state index contributed by atoms with van der Waals surface area (Å²) in [5, 5.41) is 3.32. The fourth-order valence-corrected chi connectivity index (χ4v) is 8.15. The Morgan fingerprint density at radius 2 is 2.02 bits per heavy atom. The molecule has 4 aliphatic rings. The van der Waals surface area contributed by atoms with Crippen LogP contribution in [0.2, 0.25) is 5.02 Å². The number of amides is 1. The maximum absolute atomic E-state index is 14.4. The summed E-state index contributed by atoms with van der Waals surface area (Å²) in [5.74, 6) is -0.884. The highest BCUT2D eigenvalue weighted by Crippen LogP contribution is 2.43. The third kappa shape index (κ3) is 4.33. The molecular formula is C33H31ClF2N6O2. The van der Waals surface area contributed by atoms with Crippen LogP contribution in [-0.4, -0.2) is 87.2 Å². The monoisotopic (exact) mass is 616 g/mol. The van der Waals surface area contributed by atoms with Crippen LogP contribution in [0.1, 0.15) is 25.7 Å². The molecule has 2 aromatic carbocycles. The molecule has 6 heterocycles.